The standard InChI is InChI=1S/C17H38O5Si3/c1-8-9-11-19-14-16(18)15-20-12-10-13-23-17(21-24(2,3)4)22-25(5,6)7/h9,11,16-18H,8,10,12-15H2,1-7H3. The third-order valence-electron chi connectivity index (χ3n) is 2.72. The van der Waals surface area contributed by atoms with Gasteiger partial charge in [-0.05, 0) is 52.1 Å². The fourth-order valence-corrected chi connectivity index (χ4v) is 6.59. The van der Waals surface area contributed by atoms with Gasteiger partial charge >= 0.3 is 0 Å². The summed E-state index contributed by atoms with van der Waals surface area (Å²) >= 11 is 0. The molecule has 0 aromatic carbocycles. The molecule has 1 unspecified atom stereocenters. The lowest BCUT2D eigenvalue weighted by Crippen LogP contribution is -2.43. The highest BCUT2D eigenvalue weighted by Gasteiger charge is 2.26. The van der Waals surface area contributed by atoms with Crippen molar-refractivity contribution in [1.29, 1.82) is 0 Å². The van der Waals surface area contributed by atoms with Crippen LogP contribution in [0.25, 0.3) is 0 Å². The molecule has 0 heterocycles. The normalized spacial score (nSPS) is 14.4. The summed E-state index contributed by atoms with van der Waals surface area (Å²) in [6, 6.07) is 1.02. The molecule has 0 aliphatic carbocycles. The van der Waals surface area contributed by atoms with Crippen molar-refractivity contribution in [3.05, 3.63) is 12.3 Å². The minimum absolute atomic E-state index is 0.0670. The van der Waals surface area contributed by atoms with E-state index in [9.17, 15) is 5.11 Å². The van der Waals surface area contributed by atoms with Gasteiger partial charge in [-0.2, -0.15) is 0 Å². The highest BCUT2D eigenvalue weighted by atomic mass is 28.4. The van der Waals surface area contributed by atoms with Gasteiger partial charge in [0, 0.05) is 6.61 Å². The Bertz CT molecular complexity index is 337. The molecular formula is C17H38O5Si3. The van der Waals surface area contributed by atoms with Crippen LogP contribution in [0, 0.1) is 0 Å². The predicted molar refractivity (Wildman–Crippen MR) is 110 cm³/mol. The van der Waals surface area contributed by atoms with Crippen molar-refractivity contribution >= 4 is 26.2 Å². The second-order valence-electron chi connectivity index (χ2n) is 7.94. The summed E-state index contributed by atoms with van der Waals surface area (Å²) < 4.78 is 23.1. The molecule has 1 atom stereocenters. The van der Waals surface area contributed by atoms with E-state index in [4.69, 9.17) is 18.3 Å². The number of ether oxygens (including phenoxy) is 2. The molecule has 0 aromatic rings. The summed E-state index contributed by atoms with van der Waals surface area (Å²) in [6.45, 7) is 16.4. The van der Waals surface area contributed by atoms with Crippen LogP contribution in [0.3, 0.4) is 0 Å². The van der Waals surface area contributed by atoms with Crippen LogP contribution >= 0.6 is 0 Å². The van der Waals surface area contributed by atoms with Crippen LogP contribution in [0.2, 0.25) is 45.3 Å². The third kappa shape index (κ3) is 18.6. The van der Waals surface area contributed by atoms with Crippen molar-refractivity contribution in [2.75, 3.05) is 19.8 Å². The van der Waals surface area contributed by atoms with Gasteiger partial charge in [-0.1, -0.05) is 19.0 Å². The second-order valence-corrected chi connectivity index (χ2v) is 18.2. The predicted octanol–water partition coefficient (Wildman–Crippen LogP) is 3.80. The molecular weight excluding hydrogens is 368 g/mol. The maximum absolute atomic E-state index is 9.74. The van der Waals surface area contributed by atoms with Crippen LogP contribution < -0.4 is 0 Å². The maximum atomic E-state index is 9.74. The van der Waals surface area contributed by atoms with E-state index in [1.165, 1.54) is 0 Å². The first-order chi connectivity index (χ1) is 11.5. The average molecular weight is 407 g/mol. The molecule has 5 nitrogen and oxygen atoms in total. The summed E-state index contributed by atoms with van der Waals surface area (Å²) in [5.41, 5.74) is 0. The van der Waals surface area contributed by atoms with E-state index in [1.54, 1.807) is 6.26 Å². The fourth-order valence-electron chi connectivity index (χ4n) is 1.74. The topological polar surface area (TPSA) is 57.2 Å². The number of aliphatic hydroxyl groups is 1. The lowest BCUT2D eigenvalue weighted by atomic mass is 10.4. The van der Waals surface area contributed by atoms with Gasteiger partial charge in [0.25, 0.3) is 0 Å². The Morgan fingerprint density at radius 3 is 2.12 bits per heavy atom. The summed E-state index contributed by atoms with van der Waals surface area (Å²) in [7, 11) is -2.59. The Balaban J connectivity index is 3.88. The van der Waals surface area contributed by atoms with Gasteiger partial charge in [-0.25, -0.2) is 0 Å². The maximum Gasteiger partial charge on any atom is 0.186 e. The molecule has 25 heavy (non-hydrogen) atoms. The molecule has 148 valence electrons. The largest absolute Gasteiger partial charge is 0.499 e. The van der Waals surface area contributed by atoms with E-state index >= 15 is 0 Å². The van der Waals surface area contributed by atoms with E-state index in [1.807, 2.05) is 13.0 Å². The van der Waals surface area contributed by atoms with Gasteiger partial charge in [-0.3, -0.25) is 0 Å². The molecule has 0 aromatic heterocycles. The first-order valence-corrected chi connectivity index (χ1v) is 17.2. The smallest absolute Gasteiger partial charge is 0.186 e. The van der Waals surface area contributed by atoms with E-state index in [2.05, 4.69) is 39.3 Å². The van der Waals surface area contributed by atoms with Gasteiger partial charge < -0.3 is 23.4 Å². The first-order valence-electron chi connectivity index (χ1n) is 9.15. The Morgan fingerprint density at radius 1 is 1.00 bits per heavy atom. The molecule has 0 saturated carbocycles. The molecule has 2 radical (unpaired) electrons. The zero-order valence-electron chi connectivity index (χ0n) is 17.1. The Hall–Kier alpha value is 0.0306. The van der Waals surface area contributed by atoms with E-state index in [0.29, 0.717) is 22.7 Å². The van der Waals surface area contributed by atoms with Crippen molar-refractivity contribution in [3.63, 3.8) is 0 Å². The quantitative estimate of drug-likeness (QED) is 0.194. The van der Waals surface area contributed by atoms with Crippen molar-refractivity contribution in [2.45, 2.75) is 77.1 Å². The van der Waals surface area contributed by atoms with Crippen molar-refractivity contribution in [2.24, 2.45) is 0 Å². The van der Waals surface area contributed by atoms with Crippen LogP contribution in [0.15, 0.2) is 12.3 Å². The average Bonchev–Trinajstić information content (AvgIpc) is 2.43. The van der Waals surface area contributed by atoms with Gasteiger partial charge in [0.2, 0.25) is 0 Å². The minimum Gasteiger partial charge on any atom is -0.499 e. The van der Waals surface area contributed by atoms with Crippen LogP contribution in [-0.4, -0.2) is 63.1 Å². The number of rotatable bonds is 15. The van der Waals surface area contributed by atoms with Crippen LogP contribution in [0.5, 0.6) is 0 Å². The van der Waals surface area contributed by atoms with E-state index in [0.717, 1.165) is 18.9 Å². The third-order valence-corrected chi connectivity index (χ3v) is 6.25. The number of aliphatic hydroxyl groups excluding tert-OH is 1. The lowest BCUT2D eigenvalue weighted by Gasteiger charge is -2.31. The lowest BCUT2D eigenvalue weighted by molar-refractivity contribution is 0.00236. The zero-order chi connectivity index (χ0) is 19.3. The Labute approximate surface area is 159 Å². The molecule has 0 fully saturated rings. The van der Waals surface area contributed by atoms with Crippen molar-refractivity contribution < 1.29 is 23.4 Å². The Kier molecular flexibility index (Phi) is 13.3. The monoisotopic (exact) mass is 406 g/mol. The number of allylic oxidation sites excluding steroid dienone is 1. The highest BCUT2D eigenvalue weighted by Crippen LogP contribution is 2.14. The molecule has 0 rings (SSSR count). The fraction of sp³-hybridized carbons (Fsp3) is 0.882. The van der Waals surface area contributed by atoms with Gasteiger partial charge in [0.1, 0.15) is 28.1 Å². The van der Waals surface area contributed by atoms with Gasteiger partial charge in [-0.15, -0.1) is 0 Å². The van der Waals surface area contributed by atoms with Crippen molar-refractivity contribution in [3.8, 4) is 0 Å². The minimum atomic E-state index is -1.61. The molecule has 0 spiro atoms. The highest BCUT2D eigenvalue weighted by molar-refractivity contribution is 6.71. The number of hydrogen-bond acceptors (Lipinski definition) is 5. The Morgan fingerprint density at radius 2 is 1.60 bits per heavy atom. The van der Waals surface area contributed by atoms with Crippen molar-refractivity contribution in [1.82, 2.24) is 0 Å². The van der Waals surface area contributed by atoms with Gasteiger partial charge in [0.15, 0.2) is 16.6 Å². The van der Waals surface area contributed by atoms with Gasteiger partial charge in [0.05, 0.1) is 12.9 Å². The molecule has 0 bridgehead atoms. The summed E-state index contributed by atoms with van der Waals surface area (Å²) in [6.07, 6.45) is 4.83. The van der Waals surface area contributed by atoms with Crippen LogP contribution in [0.4, 0.5) is 0 Å². The molecule has 0 amide bonds. The summed E-state index contributed by atoms with van der Waals surface area (Å²) in [4.78, 5) is 0. The van der Waals surface area contributed by atoms with E-state index < -0.39 is 22.7 Å². The zero-order valence-corrected chi connectivity index (χ0v) is 20.1. The molecule has 0 aliphatic rings. The molecule has 0 aliphatic heterocycles. The molecule has 1 N–H and O–H groups in total. The van der Waals surface area contributed by atoms with E-state index in [-0.39, 0.29) is 12.5 Å². The number of hydrogen-bond donors (Lipinski definition) is 1. The summed E-state index contributed by atoms with van der Waals surface area (Å²) in [5, 5.41) is 9.74. The van der Waals surface area contributed by atoms with Crippen LogP contribution in [-0.2, 0) is 18.3 Å². The molecule has 0 saturated heterocycles. The summed E-state index contributed by atoms with van der Waals surface area (Å²) in [5.74, 6) is -0.0670. The molecule has 8 heteroatoms. The first kappa shape index (κ1) is 25.0. The second kappa shape index (κ2) is 13.2. The SMILES string of the molecule is CCC=COCC(O)COCCC[Si]C(O[Si](C)(C)C)O[Si](C)(C)C. The van der Waals surface area contributed by atoms with Crippen LogP contribution in [0.1, 0.15) is 19.8 Å².